The first-order valence-corrected chi connectivity index (χ1v) is 5.12. The van der Waals surface area contributed by atoms with Gasteiger partial charge in [-0.2, -0.15) is 0 Å². The average molecular weight is 235 g/mol. The van der Waals surface area contributed by atoms with Crippen LogP contribution in [0.2, 0.25) is 0 Å². The second-order valence-electron chi connectivity index (χ2n) is 0.0452. The summed E-state index contributed by atoms with van der Waals surface area (Å²) in [6, 6.07) is 0. The van der Waals surface area contributed by atoms with E-state index in [9.17, 15) is 0 Å². The van der Waals surface area contributed by atoms with Gasteiger partial charge in [-0.15, -0.1) is 0 Å². The van der Waals surface area contributed by atoms with Crippen LogP contribution in [-0.2, 0) is 10.9 Å². The first kappa shape index (κ1) is 9.07. The summed E-state index contributed by atoms with van der Waals surface area (Å²) < 4.78 is 0. The SMILES string of the molecule is C.[Br][Ni][Br]. The van der Waals surface area contributed by atoms with Crippen LogP contribution in [0.3, 0.4) is 0 Å². The zero-order valence-electron chi connectivity index (χ0n) is 1.07. The third-order valence-corrected chi connectivity index (χ3v) is 0. The molecule has 0 saturated carbocycles. The molecule has 32 valence electrons. The first-order chi connectivity index (χ1) is 1.41. The van der Waals surface area contributed by atoms with E-state index in [1.54, 1.807) is 0 Å². The summed E-state index contributed by atoms with van der Waals surface area (Å²) in [7, 11) is 1.25. The van der Waals surface area contributed by atoms with Crippen LogP contribution in [-0.4, -0.2) is 0 Å². The van der Waals surface area contributed by atoms with E-state index in [-0.39, 0.29) is 7.43 Å². The van der Waals surface area contributed by atoms with E-state index in [0.29, 0.717) is 0 Å². The molecule has 0 N–H and O–H groups in total. The topological polar surface area (TPSA) is 0 Å². The second-order valence-corrected chi connectivity index (χ2v) is 5.03. The van der Waals surface area contributed by atoms with Crippen molar-refractivity contribution in [2.45, 2.75) is 7.43 Å². The molecule has 0 aliphatic rings. The fourth-order valence-electron chi connectivity index (χ4n) is 0. The van der Waals surface area contributed by atoms with Gasteiger partial charge in [0.2, 0.25) is 0 Å². The number of hydrogen-bond donors (Lipinski definition) is 0. The molecule has 0 unspecified atom stereocenters. The fraction of sp³-hybridized carbons (Fsp3) is 1.00. The molecule has 0 fully saturated rings. The molecule has 0 nitrogen and oxygen atoms in total. The van der Waals surface area contributed by atoms with E-state index in [1.165, 1.54) is 10.9 Å². The molecule has 0 spiro atoms. The van der Waals surface area contributed by atoms with Crippen LogP contribution in [0.25, 0.3) is 0 Å². The van der Waals surface area contributed by atoms with Crippen molar-refractivity contribution in [3.63, 3.8) is 0 Å². The van der Waals surface area contributed by atoms with Gasteiger partial charge in [0.05, 0.1) is 0 Å². The number of halogens is 2. The Balaban J connectivity index is 0. The molecule has 0 heterocycles. The molecule has 4 heavy (non-hydrogen) atoms. The van der Waals surface area contributed by atoms with Crippen molar-refractivity contribution in [1.82, 2.24) is 0 Å². The Bertz CT molecular complexity index is 6.00. The maximum absolute atomic E-state index is 3.00. The molecule has 0 aromatic carbocycles. The summed E-state index contributed by atoms with van der Waals surface area (Å²) in [4.78, 5) is 0. The van der Waals surface area contributed by atoms with Gasteiger partial charge in [0.25, 0.3) is 0 Å². The van der Waals surface area contributed by atoms with Gasteiger partial charge in [-0.1, -0.05) is 7.43 Å². The maximum atomic E-state index is 3.00. The molecule has 0 amide bonds. The van der Waals surface area contributed by atoms with Gasteiger partial charge >= 0.3 is 39.3 Å². The standard InChI is InChI=1S/CH4.2BrH.Ni/h1H4;2*1H;/q;;;+2/p-2. The molecule has 0 aromatic heterocycles. The molecular formula is CH4Br2Ni. The van der Waals surface area contributed by atoms with Gasteiger partial charge in [0, 0.05) is 0 Å². The van der Waals surface area contributed by atoms with Crippen LogP contribution in [0.5, 0.6) is 0 Å². The van der Waals surface area contributed by atoms with Crippen molar-refractivity contribution in [3.8, 4) is 0 Å². The Kier molecular flexibility index (Phi) is 20.0. The molecule has 0 rings (SSSR count). The summed E-state index contributed by atoms with van der Waals surface area (Å²) in [6.45, 7) is 0. The van der Waals surface area contributed by atoms with Crippen molar-refractivity contribution < 1.29 is 10.9 Å². The minimum atomic E-state index is 0. The van der Waals surface area contributed by atoms with Crippen LogP contribution in [0, 0.1) is 0 Å². The minimum absolute atomic E-state index is 0. The molecular weight excluding hydrogens is 231 g/mol. The Labute approximate surface area is 46.7 Å². The van der Waals surface area contributed by atoms with Crippen molar-refractivity contribution in [2.24, 2.45) is 0 Å². The van der Waals surface area contributed by atoms with E-state index in [1.807, 2.05) is 0 Å². The number of hydrogen-bond acceptors (Lipinski definition) is 0. The predicted octanol–water partition coefficient (Wildman–Crippen LogP) is 2.32. The van der Waals surface area contributed by atoms with Crippen LogP contribution in [0.1, 0.15) is 7.43 Å². The summed E-state index contributed by atoms with van der Waals surface area (Å²) >= 11 is 6.00. The Morgan fingerprint density at radius 3 is 1.25 bits per heavy atom. The fourth-order valence-corrected chi connectivity index (χ4v) is 0. The zero-order valence-corrected chi connectivity index (χ0v) is 5.23. The molecule has 0 aliphatic heterocycles. The molecule has 0 radical (unpaired) electrons. The average Bonchev–Trinajstić information content (AvgIpc) is 0.918. The zero-order chi connectivity index (χ0) is 2.71. The molecule has 0 atom stereocenters. The van der Waals surface area contributed by atoms with E-state index in [0.717, 1.165) is 0 Å². The molecule has 3 heteroatoms. The summed E-state index contributed by atoms with van der Waals surface area (Å²) in [5.41, 5.74) is 0. The van der Waals surface area contributed by atoms with Gasteiger partial charge in [-0.05, 0) is 0 Å². The van der Waals surface area contributed by atoms with Gasteiger partial charge in [-0.25, -0.2) is 0 Å². The Hall–Kier alpha value is 1.45. The quantitative estimate of drug-likeness (QED) is 0.565. The van der Waals surface area contributed by atoms with Gasteiger partial charge in [-0.3, -0.25) is 0 Å². The number of rotatable bonds is 0. The molecule has 0 aromatic rings. The summed E-state index contributed by atoms with van der Waals surface area (Å²) in [5.74, 6) is 0. The van der Waals surface area contributed by atoms with Crippen molar-refractivity contribution >= 4 is 28.5 Å². The Morgan fingerprint density at radius 2 is 1.25 bits per heavy atom. The molecule has 0 aliphatic carbocycles. The van der Waals surface area contributed by atoms with E-state index in [4.69, 9.17) is 0 Å². The second kappa shape index (κ2) is 8.82. The summed E-state index contributed by atoms with van der Waals surface area (Å²) in [5, 5.41) is 0. The third kappa shape index (κ3) is 9.84. The van der Waals surface area contributed by atoms with E-state index >= 15 is 0 Å². The predicted molar refractivity (Wildman–Crippen MR) is 24.6 cm³/mol. The van der Waals surface area contributed by atoms with Crippen molar-refractivity contribution in [2.75, 3.05) is 0 Å². The van der Waals surface area contributed by atoms with E-state index in [2.05, 4.69) is 28.5 Å². The van der Waals surface area contributed by atoms with Crippen molar-refractivity contribution in [1.29, 1.82) is 0 Å². The van der Waals surface area contributed by atoms with Crippen LogP contribution >= 0.6 is 28.5 Å². The summed E-state index contributed by atoms with van der Waals surface area (Å²) in [6.07, 6.45) is 0. The molecule has 0 bridgehead atoms. The molecule has 0 saturated heterocycles. The van der Waals surface area contributed by atoms with Gasteiger partial charge in [0.15, 0.2) is 0 Å². The first-order valence-electron chi connectivity index (χ1n) is 0.239. The third-order valence-electron chi connectivity index (χ3n) is 0. The van der Waals surface area contributed by atoms with Crippen molar-refractivity contribution in [3.05, 3.63) is 0 Å². The Morgan fingerprint density at radius 1 is 1.25 bits per heavy atom. The van der Waals surface area contributed by atoms with Crippen LogP contribution < -0.4 is 0 Å². The van der Waals surface area contributed by atoms with Crippen LogP contribution in [0.4, 0.5) is 0 Å². The normalized spacial score (nSPS) is 5.50. The monoisotopic (exact) mass is 232 g/mol. The van der Waals surface area contributed by atoms with Gasteiger partial charge in [0.1, 0.15) is 0 Å². The van der Waals surface area contributed by atoms with Gasteiger partial charge < -0.3 is 0 Å². The van der Waals surface area contributed by atoms with Crippen LogP contribution in [0.15, 0.2) is 0 Å². The van der Waals surface area contributed by atoms with E-state index < -0.39 is 0 Å².